The van der Waals surface area contributed by atoms with Crippen LogP contribution in [-0.4, -0.2) is 35.0 Å². The second-order valence-corrected chi connectivity index (χ2v) is 6.24. The molecular formula is C13H21BrClN3O. The zero-order chi connectivity index (χ0) is 13.3. The van der Waals surface area contributed by atoms with E-state index in [-0.39, 0.29) is 23.7 Å². The summed E-state index contributed by atoms with van der Waals surface area (Å²) >= 11 is 3.43. The van der Waals surface area contributed by atoms with Crippen molar-refractivity contribution in [3.8, 4) is 0 Å². The first-order valence-corrected chi connectivity index (χ1v) is 7.13. The van der Waals surface area contributed by atoms with Gasteiger partial charge in [0.05, 0.1) is 0 Å². The molecular weight excluding hydrogens is 330 g/mol. The Labute approximate surface area is 128 Å². The van der Waals surface area contributed by atoms with Crippen molar-refractivity contribution >= 4 is 34.2 Å². The van der Waals surface area contributed by atoms with Crippen molar-refractivity contribution in [1.29, 1.82) is 0 Å². The summed E-state index contributed by atoms with van der Waals surface area (Å²) in [6.45, 7) is 7.18. The maximum Gasteiger partial charge on any atom is 0.270 e. The van der Waals surface area contributed by atoms with Gasteiger partial charge < -0.3 is 15.2 Å². The van der Waals surface area contributed by atoms with Crippen LogP contribution >= 0.6 is 28.3 Å². The van der Waals surface area contributed by atoms with Crippen LogP contribution in [0.2, 0.25) is 0 Å². The van der Waals surface area contributed by atoms with E-state index in [1.165, 1.54) is 0 Å². The Balaban J connectivity index is 0.00000180. The fourth-order valence-corrected chi connectivity index (χ4v) is 2.91. The van der Waals surface area contributed by atoms with Gasteiger partial charge >= 0.3 is 0 Å². The quantitative estimate of drug-likeness (QED) is 0.910. The third-order valence-electron chi connectivity index (χ3n) is 3.76. The molecule has 6 heteroatoms. The fraction of sp³-hybridized carbons (Fsp3) is 0.615. The van der Waals surface area contributed by atoms with Gasteiger partial charge in [0.1, 0.15) is 5.69 Å². The van der Waals surface area contributed by atoms with E-state index in [2.05, 4.69) is 22.9 Å². The van der Waals surface area contributed by atoms with Gasteiger partial charge in [0.2, 0.25) is 0 Å². The third-order valence-corrected chi connectivity index (χ3v) is 4.19. The van der Waals surface area contributed by atoms with Gasteiger partial charge in [-0.1, -0.05) is 6.92 Å². The summed E-state index contributed by atoms with van der Waals surface area (Å²) in [5.74, 6) is 0.111. The summed E-state index contributed by atoms with van der Waals surface area (Å²) in [4.78, 5) is 14.4. The minimum Gasteiger partial charge on any atom is -0.343 e. The molecule has 0 radical (unpaired) electrons. The molecule has 1 unspecified atom stereocenters. The van der Waals surface area contributed by atoms with E-state index in [9.17, 15) is 4.79 Å². The van der Waals surface area contributed by atoms with Gasteiger partial charge in [-0.15, -0.1) is 12.4 Å². The Morgan fingerprint density at radius 3 is 2.79 bits per heavy atom. The van der Waals surface area contributed by atoms with Crippen molar-refractivity contribution in [3.05, 3.63) is 22.4 Å². The molecule has 1 saturated heterocycles. The molecule has 0 aromatic carbocycles. The molecule has 1 aromatic rings. The third kappa shape index (κ3) is 3.33. The molecule has 2 heterocycles. The van der Waals surface area contributed by atoms with Gasteiger partial charge in [0.25, 0.3) is 5.91 Å². The lowest BCUT2D eigenvalue weighted by molar-refractivity contribution is 0.0766. The Kier molecular flexibility index (Phi) is 5.47. The first-order valence-electron chi connectivity index (χ1n) is 6.34. The Bertz CT molecular complexity index is 463. The number of likely N-dealkylation sites (tertiary alicyclic amines) is 1. The molecule has 108 valence electrons. The zero-order valence-electron chi connectivity index (χ0n) is 11.4. The summed E-state index contributed by atoms with van der Waals surface area (Å²) in [7, 11) is 0. The number of nitrogens with zero attached hydrogens (tertiary/aromatic N) is 2. The first kappa shape index (κ1) is 16.5. The minimum atomic E-state index is 0. The van der Waals surface area contributed by atoms with Crippen LogP contribution in [0, 0.1) is 5.41 Å². The molecule has 1 aliphatic rings. The molecule has 2 rings (SSSR count). The fourth-order valence-electron chi connectivity index (χ4n) is 2.44. The average molecular weight is 351 g/mol. The van der Waals surface area contributed by atoms with Gasteiger partial charge in [-0.25, -0.2) is 0 Å². The molecule has 19 heavy (non-hydrogen) atoms. The molecule has 1 amide bonds. The predicted molar refractivity (Wildman–Crippen MR) is 82.7 cm³/mol. The van der Waals surface area contributed by atoms with Crippen LogP contribution in [-0.2, 0) is 6.54 Å². The van der Waals surface area contributed by atoms with E-state index in [0.29, 0.717) is 6.54 Å². The molecule has 0 bridgehead atoms. The predicted octanol–water partition coefficient (Wildman–Crippen LogP) is 2.50. The highest BCUT2D eigenvalue weighted by atomic mass is 79.9. The summed E-state index contributed by atoms with van der Waals surface area (Å²) in [5, 5.41) is 0. The Hall–Kier alpha value is -0.520. The van der Waals surface area contributed by atoms with Crippen LogP contribution in [0.1, 0.15) is 30.8 Å². The zero-order valence-corrected chi connectivity index (χ0v) is 13.8. The highest BCUT2D eigenvalue weighted by molar-refractivity contribution is 9.10. The lowest BCUT2D eigenvalue weighted by Crippen LogP contribution is -2.35. The van der Waals surface area contributed by atoms with Gasteiger partial charge in [-0.3, -0.25) is 4.79 Å². The number of amides is 1. The number of aromatic nitrogens is 1. The van der Waals surface area contributed by atoms with Crippen LogP contribution in [0.15, 0.2) is 16.7 Å². The minimum absolute atomic E-state index is 0. The van der Waals surface area contributed by atoms with E-state index in [1.807, 2.05) is 28.7 Å². The van der Waals surface area contributed by atoms with Crippen LogP contribution in [0.25, 0.3) is 0 Å². The van der Waals surface area contributed by atoms with E-state index < -0.39 is 0 Å². The van der Waals surface area contributed by atoms with Crippen molar-refractivity contribution in [2.24, 2.45) is 11.1 Å². The smallest absolute Gasteiger partial charge is 0.270 e. The van der Waals surface area contributed by atoms with Gasteiger partial charge in [0.15, 0.2) is 0 Å². The molecule has 1 atom stereocenters. The number of rotatable bonds is 3. The molecule has 4 nitrogen and oxygen atoms in total. The van der Waals surface area contributed by atoms with Crippen LogP contribution in [0.4, 0.5) is 0 Å². The average Bonchev–Trinajstić information content (AvgIpc) is 2.92. The Morgan fingerprint density at radius 1 is 1.58 bits per heavy atom. The van der Waals surface area contributed by atoms with Crippen LogP contribution in [0.5, 0.6) is 0 Å². The largest absolute Gasteiger partial charge is 0.343 e. The highest BCUT2D eigenvalue weighted by Crippen LogP contribution is 2.30. The topological polar surface area (TPSA) is 51.3 Å². The molecule has 1 aliphatic heterocycles. The van der Waals surface area contributed by atoms with Crippen LogP contribution < -0.4 is 5.73 Å². The van der Waals surface area contributed by atoms with E-state index in [0.717, 1.165) is 36.2 Å². The first-order chi connectivity index (χ1) is 8.49. The molecule has 2 N–H and O–H groups in total. The monoisotopic (exact) mass is 349 g/mol. The van der Waals surface area contributed by atoms with Crippen molar-refractivity contribution in [1.82, 2.24) is 9.47 Å². The van der Waals surface area contributed by atoms with Crippen molar-refractivity contribution in [2.75, 3.05) is 19.6 Å². The number of aryl methyl sites for hydroxylation is 1. The molecule has 0 aliphatic carbocycles. The van der Waals surface area contributed by atoms with Gasteiger partial charge in [0, 0.05) is 30.3 Å². The number of carbonyl (C=O) groups is 1. The van der Waals surface area contributed by atoms with Gasteiger partial charge in [-0.05, 0) is 47.3 Å². The SMILES string of the molecule is CCn1cc(Br)cc1C(=O)N1CCC(C)(CN)C1.Cl. The summed E-state index contributed by atoms with van der Waals surface area (Å²) in [6, 6.07) is 1.89. The number of halogens is 2. The Morgan fingerprint density at radius 2 is 2.26 bits per heavy atom. The molecule has 1 fully saturated rings. The van der Waals surface area contributed by atoms with Crippen molar-refractivity contribution < 1.29 is 4.79 Å². The lowest BCUT2D eigenvalue weighted by Gasteiger charge is -2.22. The highest BCUT2D eigenvalue weighted by Gasteiger charge is 2.35. The molecule has 0 saturated carbocycles. The summed E-state index contributed by atoms with van der Waals surface area (Å²) in [6.07, 6.45) is 2.94. The number of hydrogen-bond acceptors (Lipinski definition) is 2. The van der Waals surface area contributed by atoms with Crippen LogP contribution in [0.3, 0.4) is 0 Å². The van der Waals surface area contributed by atoms with E-state index >= 15 is 0 Å². The maximum absolute atomic E-state index is 12.5. The van der Waals surface area contributed by atoms with Gasteiger partial charge in [-0.2, -0.15) is 0 Å². The summed E-state index contributed by atoms with van der Waals surface area (Å²) in [5.41, 5.74) is 6.61. The maximum atomic E-state index is 12.5. The van der Waals surface area contributed by atoms with E-state index in [1.54, 1.807) is 0 Å². The number of nitrogens with two attached hydrogens (primary N) is 1. The second-order valence-electron chi connectivity index (χ2n) is 5.32. The van der Waals surface area contributed by atoms with Crippen molar-refractivity contribution in [3.63, 3.8) is 0 Å². The van der Waals surface area contributed by atoms with Crippen molar-refractivity contribution in [2.45, 2.75) is 26.8 Å². The lowest BCUT2D eigenvalue weighted by atomic mass is 9.90. The summed E-state index contributed by atoms with van der Waals surface area (Å²) < 4.78 is 2.93. The van der Waals surface area contributed by atoms with E-state index in [4.69, 9.17) is 5.73 Å². The number of carbonyl (C=O) groups excluding carboxylic acids is 1. The second kappa shape index (κ2) is 6.29. The molecule has 1 aromatic heterocycles. The number of hydrogen-bond donors (Lipinski definition) is 1. The molecule has 0 spiro atoms. The standard InChI is InChI=1S/C13H20BrN3O.ClH/c1-3-16-7-10(14)6-11(16)12(18)17-5-4-13(2,8-15)9-17;/h6-7H,3-5,8-9,15H2,1-2H3;1H. The normalized spacial score (nSPS) is 22.4.